The van der Waals surface area contributed by atoms with E-state index >= 15 is 0 Å². The third-order valence-corrected chi connectivity index (χ3v) is 2.81. The van der Waals surface area contributed by atoms with E-state index in [-0.39, 0.29) is 22.6 Å². The molecule has 0 aliphatic rings. The monoisotopic (exact) mass is 262 g/mol. The second-order valence-electron chi connectivity index (χ2n) is 3.96. The molecular weight excluding hydrogens is 254 g/mol. The highest BCUT2D eigenvalue weighted by molar-refractivity contribution is 6.00. The lowest BCUT2D eigenvalue weighted by Crippen LogP contribution is -1.92. The molecule has 2 heterocycles. The van der Waals surface area contributed by atoms with E-state index in [0.29, 0.717) is 5.39 Å². The van der Waals surface area contributed by atoms with Crippen LogP contribution in [0.5, 0.6) is 5.75 Å². The molecule has 0 saturated carbocycles. The number of nitrogens with one attached hydrogen (secondary N) is 1. The van der Waals surface area contributed by atoms with E-state index in [1.165, 1.54) is 12.4 Å². The number of fused-ring (bicyclic) bond motifs is 1. The molecule has 0 aliphatic heterocycles. The number of hydrogen-bond acceptors (Lipinski definition) is 4. The lowest BCUT2D eigenvalue weighted by atomic mass is 10.1. The highest BCUT2D eigenvalue weighted by Gasteiger charge is 2.18. The van der Waals surface area contributed by atoms with Crippen molar-refractivity contribution in [2.75, 3.05) is 5.73 Å². The first kappa shape index (κ1) is 11.4. The van der Waals surface area contributed by atoms with Gasteiger partial charge in [0, 0.05) is 5.56 Å². The lowest BCUT2D eigenvalue weighted by molar-refractivity contribution is 0.432. The normalized spacial score (nSPS) is 11.1. The number of benzene rings is 1. The van der Waals surface area contributed by atoms with Crippen LogP contribution in [0.2, 0.25) is 0 Å². The molecule has 0 atom stereocenters. The van der Waals surface area contributed by atoms with Gasteiger partial charge in [0.15, 0.2) is 11.6 Å². The average Bonchev–Trinajstić information content (AvgIpc) is 2.70. The quantitative estimate of drug-likeness (QED) is 0.627. The summed E-state index contributed by atoms with van der Waals surface area (Å²) < 4.78 is 27.0. The predicted octanol–water partition coefficient (Wildman–Crippen LogP) is 2.19. The fraction of sp³-hybridized carbons (Fsp3) is 0. The molecule has 5 nitrogen and oxygen atoms in total. The van der Waals surface area contributed by atoms with Crippen LogP contribution in [0.25, 0.3) is 22.2 Å². The number of aromatic nitrogens is 3. The molecule has 3 aromatic rings. The van der Waals surface area contributed by atoms with Crippen LogP contribution in [-0.2, 0) is 0 Å². The molecule has 0 aliphatic carbocycles. The number of phenolic OH excluding ortho intramolecular Hbond substituents is 1. The summed E-state index contributed by atoms with van der Waals surface area (Å²) in [6, 6.07) is 3.50. The number of phenols is 1. The van der Waals surface area contributed by atoms with Gasteiger partial charge in [0.25, 0.3) is 0 Å². The van der Waals surface area contributed by atoms with Gasteiger partial charge >= 0.3 is 0 Å². The molecule has 0 amide bonds. The SMILES string of the molecule is Nc1ncnc2[nH]c(F)c(-c3ccc(F)c(O)c3)c12. The Hall–Kier alpha value is -2.70. The molecule has 0 saturated heterocycles. The van der Waals surface area contributed by atoms with Crippen molar-refractivity contribution < 1.29 is 13.9 Å². The van der Waals surface area contributed by atoms with Crippen LogP contribution in [0.3, 0.4) is 0 Å². The van der Waals surface area contributed by atoms with Crippen LogP contribution < -0.4 is 5.73 Å². The third kappa shape index (κ3) is 1.67. The zero-order chi connectivity index (χ0) is 13.6. The van der Waals surface area contributed by atoms with Gasteiger partial charge in [-0.3, -0.25) is 0 Å². The van der Waals surface area contributed by atoms with Gasteiger partial charge in [-0.2, -0.15) is 4.39 Å². The molecule has 3 rings (SSSR count). The molecule has 0 spiro atoms. The van der Waals surface area contributed by atoms with Gasteiger partial charge < -0.3 is 15.8 Å². The van der Waals surface area contributed by atoms with Crippen molar-refractivity contribution in [3.8, 4) is 16.9 Å². The number of aromatic hydroxyl groups is 1. The summed E-state index contributed by atoms with van der Waals surface area (Å²) in [6.07, 6.45) is 1.21. The fourth-order valence-electron chi connectivity index (χ4n) is 1.96. The Morgan fingerprint density at radius 1 is 1.21 bits per heavy atom. The molecule has 0 bridgehead atoms. The average molecular weight is 262 g/mol. The first-order chi connectivity index (χ1) is 9.08. The fourth-order valence-corrected chi connectivity index (χ4v) is 1.96. The molecule has 0 radical (unpaired) electrons. The molecule has 0 unspecified atom stereocenters. The highest BCUT2D eigenvalue weighted by atomic mass is 19.1. The van der Waals surface area contributed by atoms with E-state index < -0.39 is 17.5 Å². The largest absolute Gasteiger partial charge is 0.505 e. The second-order valence-corrected chi connectivity index (χ2v) is 3.96. The summed E-state index contributed by atoms with van der Waals surface area (Å²) in [6.45, 7) is 0. The van der Waals surface area contributed by atoms with Crippen molar-refractivity contribution in [3.63, 3.8) is 0 Å². The van der Waals surface area contributed by atoms with E-state index in [1.54, 1.807) is 0 Å². The first-order valence-corrected chi connectivity index (χ1v) is 5.34. The molecule has 2 aromatic heterocycles. The van der Waals surface area contributed by atoms with E-state index in [2.05, 4.69) is 15.0 Å². The standard InChI is InChI=1S/C12H8F2N4O/c13-6-2-1-5(3-7(6)19)8-9-11(15)16-4-17-12(9)18-10(8)14/h1-4,19H,(H3,15,16,17,18). The molecule has 4 N–H and O–H groups in total. The number of rotatable bonds is 1. The van der Waals surface area contributed by atoms with E-state index in [9.17, 15) is 13.9 Å². The summed E-state index contributed by atoms with van der Waals surface area (Å²) in [5, 5.41) is 9.66. The number of H-pyrrole nitrogens is 1. The van der Waals surface area contributed by atoms with Crippen molar-refractivity contribution >= 4 is 16.9 Å². The first-order valence-electron chi connectivity index (χ1n) is 5.34. The van der Waals surface area contributed by atoms with Gasteiger partial charge in [0.1, 0.15) is 17.8 Å². The Balaban J connectivity index is 2.35. The van der Waals surface area contributed by atoms with Gasteiger partial charge in [-0.25, -0.2) is 14.4 Å². The van der Waals surface area contributed by atoms with Crippen molar-refractivity contribution in [3.05, 3.63) is 36.3 Å². The van der Waals surface area contributed by atoms with Gasteiger partial charge in [-0.15, -0.1) is 0 Å². The number of nitrogens with zero attached hydrogens (tertiary/aromatic N) is 2. The second kappa shape index (κ2) is 3.91. The smallest absolute Gasteiger partial charge is 0.201 e. The molecule has 96 valence electrons. The number of nitrogens with two attached hydrogens (primary N) is 1. The van der Waals surface area contributed by atoms with Crippen molar-refractivity contribution in [2.45, 2.75) is 0 Å². The molecule has 0 fully saturated rings. The van der Waals surface area contributed by atoms with Crippen LogP contribution in [0.4, 0.5) is 14.6 Å². The maximum absolute atomic E-state index is 13.9. The van der Waals surface area contributed by atoms with Crippen LogP contribution in [0.15, 0.2) is 24.5 Å². The molecule has 19 heavy (non-hydrogen) atoms. The summed E-state index contributed by atoms with van der Waals surface area (Å²) in [5.41, 5.74) is 6.32. The van der Waals surface area contributed by atoms with Gasteiger partial charge in [-0.05, 0) is 17.7 Å². The van der Waals surface area contributed by atoms with Gasteiger partial charge in [-0.1, -0.05) is 6.07 Å². The van der Waals surface area contributed by atoms with Crippen LogP contribution >= 0.6 is 0 Å². The Bertz CT molecular complexity index is 785. The zero-order valence-corrected chi connectivity index (χ0v) is 9.48. The van der Waals surface area contributed by atoms with Crippen molar-refractivity contribution in [1.29, 1.82) is 0 Å². The maximum atomic E-state index is 13.9. The van der Waals surface area contributed by atoms with E-state index in [4.69, 9.17) is 5.73 Å². The Morgan fingerprint density at radius 2 is 2.00 bits per heavy atom. The topological polar surface area (TPSA) is 87.8 Å². The maximum Gasteiger partial charge on any atom is 0.201 e. The predicted molar refractivity (Wildman–Crippen MR) is 65.3 cm³/mol. The summed E-state index contributed by atoms with van der Waals surface area (Å²) >= 11 is 0. The number of anilines is 1. The zero-order valence-electron chi connectivity index (χ0n) is 9.48. The summed E-state index contributed by atoms with van der Waals surface area (Å²) in [4.78, 5) is 10.1. The van der Waals surface area contributed by atoms with E-state index in [1.807, 2.05) is 0 Å². The number of hydrogen-bond donors (Lipinski definition) is 3. The number of halogens is 2. The van der Waals surface area contributed by atoms with Crippen LogP contribution in [0.1, 0.15) is 0 Å². The van der Waals surface area contributed by atoms with Gasteiger partial charge in [0.2, 0.25) is 5.95 Å². The minimum absolute atomic E-state index is 0.100. The Kier molecular flexibility index (Phi) is 2.34. The minimum Gasteiger partial charge on any atom is -0.505 e. The molecule has 1 aromatic carbocycles. The summed E-state index contributed by atoms with van der Waals surface area (Å²) in [7, 11) is 0. The van der Waals surface area contributed by atoms with Crippen LogP contribution in [-0.4, -0.2) is 20.1 Å². The molecular formula is C12H8F2N4O. The lowest BCUT2D eigenvalue weighted by Gasteiger charge is -2.03. The molecule has 7 heteroatoms. The van der Waals surface area contributed by atoms with Crippen molar-refractivity contribution in [1.82, 2.24) is 15.0 Å². The van der Waals surface area contributed by atoms with Crippen molar-refractivity contribution in [2.24, 2.45) is 0 Å². The Labute approximate surface area is 105 Å². The van der Waals surface area contributed by atoms with E-state index in [0.717, 1.165) is 12.1 Å². The van der Waals surface area contributed by atoms with Crippen LogP contribution in [0, 0.1) is 11.8 Å². The van der Waals surface area contributed by atoms with Gasteiger partial charge in [0.05, 0.1) is 5.39 Å². The Morgan fingerprint density at radius 3 is 2.74 bits per heavy atom. The number of nitrogen functional groups attached to an aromatic ring is 1. The highest BCUT2D eigenvalue weighted by Crippen LogP contribution is 2.35. The number of aromatic amines is 1. The summed E-state index contributed by atoms with van der Waals surface area (Å²) in [5.74, 6) is -1.92. The minimum atomic E-state index is -0.784. The third-order valence-electron chi connectivity index (χ3n) is 2.81.